The minimum absolute atomic E-state index is 0.837. The van der Waals surface area contributed by atoms with Crippen molar-refractivity contribution in [3.63, 3.8) is 0 Å². The van der Waals surface area contributed by atoms with E-state index in [2.05, 4.69) is 60.8 Å². The Morgan fingerprint density at radius 2 is 1.83 bits per heavy atom. The molecular formula is C17H19N. The Kier molecular flexibility index (Phi) is 3.06. The van der Waals surface area contributed by atoms with E-state index in [-0.39, 0.29) is 0 Å². The average Bonchev–Trinajstić information content (AvgIpc) is 3.23. The molecule has 0 aromatic heterocycles. The van der Waals surface area contributed by atoms with E-state index in [4.69, 9.17) is 0 Å². The van der Waals surface area contributed by atoms with E-state index < -0.39 is 0 Å². The third kappa shape index (κ3) is 2.73. The molecule has 0 spiro atoms. The summed E-state index contributed by atoms with van der Waals surface area (Å²) in [5, 5.41) is 3.47. The normalized spacial score (nSPS) is 14.5. The first-order valence-corrected chi connectivity index (χ1v) is 6.71. The summed E-state index contributed by atoms with van der Waals surface area (Å²) in [4.78, 5) is 0. The number of hydrogen-bond donors (Lipinski definition) is 1. The van der Waals surface area contributed by atoms with E-state index in [1.54, 1.807) is 0 Å². The molecule has 0 bridgehead atoms. The molecule has 0 atom stereocenters. The van der Waals surface area contributed by atoms with Crippen molar-refractivity contribution in [1.29, 1.82) is 0 Å². The highest BCUT2D eigenvalue weighted by atomic mass is 14.9. The zero-order valence-electron chi connectivity index (χ0n) is 10.8. The van der Waals surface area contributed by atoms with Crippen LogP contribution in [0, 0.1) is 6.92 Å². The number of hydrogen-bond acceptors (Lipinski definition) is 1. The summed E-state index contributed by atoms with van der Waals surface area (Å²) in [6, 6.07) is 17.5. The molecule has 3 rings (SSSR count). The Labute approximate surface area is 109 Å². The van der Waals surface area contributed by atoms with Crippen LogP contribution in [-0.2, 0) is 6.54 Å². The molecule has 0 saturated heterocycles. The third-order valence-electron chi connectivity index (χ3n) is 3.55. The number of benzene rings is 2. The minimum Gasteiger partial charge on any atom is -0.381 e. The summed E-state index contributed by atoms with van der Waals surface area (Å²) < 4.78 is 0. The molecule has 1 aliphatic rings. The summed E-state index contributed by atoms with van der Waals surface area (Å²) in [6.45, 7) is 3.02. The second-order valence-electron chi connectivity index (χ2n) is 5.24. The van der Waals surface area contributed by atoms with Crippen LogP contribution in [0.5, 0.6) is 0 Å². The monoisotopic (exact) mass is 237 g/mol. The Bertz CT molecular complexity index is 524. The van der Waals surface area contributed by atoms with Crippen molar-refractivity contribution in [3.05, 3.63) is 65.2 Å². The molecule has 1 aliphatic carbocycles. The van der Waals surface area contributed by atoms with Gasteiger partial charge in [0.1, 0.15) is 0 Å². The van der Waals surface area contributed by atoms with Gasteiger partial charge in [0.2, 0.25) is 0 Å². The molecule has 2 aromatic rings. The van der Waals surface area contributed by atoms with Crippen LogP contribution in [0.3, 0.4) is 0 Å². The Hall–Kier alpha value is -1.76. The molecule has 1 fully saturated rings. The van der Waals surface area contributed by atoms with Gasteiger partial charge in [-0.1, -0.05) is 42.0 Å². The predicted molar refractivity (Wildman–Crippen MR) is 76.9 cm³/mol. The summed E-state index contributed by atoms with van der Waals surface area (Å²) in [5.41, 5.74) is 5.38. The molecule has 1 nitrogen and oxygen atoms in total. The Morgan fingerprint density at radius 1 is 1.06 bits per heavy atom. The van der Waals surface area contributed by atoms with Crippen molar-refractivity contribution in [2.45, 2.75) is 32.2 Å². The first-order chi connectivity index (χ1) is 8.81. The Balaban J connectivity index is 1.65. The summed E-state index contributed by atoms with van der Waals surface area (Å²) in [6.07, 6.45) is 2.74. The van der Waals surface area contributed by atoms with Gasteiger partial charge in [0.05, 0.1) is 0 Å². The smallest absolute Gasteiger partial charge is 0.0400 e. The molecular weight excluding hydrogens is 218 g/mol. The standard InChI is InChI=1S/C17H19N/c1-13-5-9-17(10-6-13)18-12-14-3-2-4-16(11-14)15-7-8-15/h2-6,9-11,15,18H,7-8,12H2,1H3. The van der Waals surface area contributed by atoms with E-state index in [1.165, 1.54) is 35.2 Å². The lowest BCUT2D eigenvalue weighted by Crippen LogP contribution is -1.99. The van der Waals surface area contributed by atoms with E-state index in [0.717, 1.165) is 12.5 Å². The highest BCUT2D eigenvalue weighted by Gasteiger charge is 2.23. The van der Waals surface area contributed by atoms with Crippen LogP contribution in [0.2, 0.25) is 0 Å². The lowest BCUT2D eigenvalue weighted by atomic mass is 10.1. The van der Waals surface area contributed by atoms with Gasteiger partial charge in [-0.3, -0.25) is 0 Å². The van der Waals surface area contributed by atoms with Crippen molar-refractivity contribution >= 4 is 5.69 Å². The van der Waals surface area contributed by atoms with Gasteiger partial charge in [0, 0.05) is 12.2 Å². The largest absolute Gasteiger partial charge is 0.381 e. The molecule has 1 heteroatoms. The SMILES string of the molecule is Cc1ccc(NCc2cccc(C3CC3)c2)cc1. The van der Waals surface area contributed by atoms with Gasteiger partial charge in [-0.05, 0) is 48.9 Å². The zero-order valence-corrected chi connectivity index (χ0v) is 10.8. The molecule has 18 heavy (non-hydrogen) atoms. The topological polar surface area (TPSA) is 12.0 Å². The van der Waals surface area contributed by atoms with Crippen molar-refractivity contribution in [2.24, 2.45) is 0 Å². The maximum Gasteiger partial charge on any atom is 0.0400 e. The quantitative estimate of drug-likeness (QED) is 0.826. The van der Waals surface area contributed by atoms with Crippen LogP contribution < -0.4 is 5.32 Å². The molecule has 0 heterocycles. The molecule has 0 unspecified atom stereocenters. The fourth-order valence-electron chi connectivity index (χ4n) is 2.25. The predicted octanol–water partition coefficient (Wildman–Crippen LogP) is 4.48. The van der Waals surface area contributed by atoms with E-state index in [9.17, 15) is 0 Å². The summed E-state index contributed by atoms with van der Waals surface area (Å²) >= 11 is 0. The third-order valence-corrected chi connectivity index (χ3v) is 3.55. The number of nitrogens with one attached hydrogen (secondary N) is 1. The molecule has 92 valence electrons. The second kappa shape index (κ2) is 4.85. The van der Waals surface area contributed by atoms with Crippen LogP contribution in [0.25, 0.3) is 0 Å². The van der Waals surface area contributed by atoms with E-state index >= 15 is 0 Å². The first-order valence-electron chi connectivity index (χ1n) is 6.71. The van der Waals surface area contributed by atoms with Gasteiger partial charge in [0.25, 0.3) is 0 Å². The molecule has 2 aromatic carbocycles. The van der Waals surface area contributed by atoms with Crippen LogP contribution in [0.15, 0.2) is 48.5 Å². The summed E-state index contributed by atoms with van der Waals surface area (Å²) in [7, 11) is 0. The molecule has 0 radical (unpaired) electrons. The van der Waals surface area contributed by atoms with Gasteiger partial charge < -0.3 is 5.32 Å². The number of anilines is 1. The Morgan fingerprint density at radius 3 is 2.56 bits per heavy atom. The first kappa shape index (κ1) is 11.3. The highest BCUT2D eigenvalue weighted by molar-refractivity contribution is 5.45. The lowest BCUT2D eigenvalue weighted by molar-refractivity contribution is 1.08. The van der Waals surface area contributed by atoms with Crippen molar-refractivity contribution < 1.29 is 0 Å². The van der Waals surface area contributed by atoms with E-state index in [0.29, 0.717) is 0 Å². The summed E-state index contributed by atoms with van der Waals surface area (Å²) in [5.74, 6) is 0.837. The molecule has 1 N–H and O–H groups in total. The van der Waals surface area contributed by atoms with Crippen LogP contribution >= 0.6 is 0 Å². The van der Waals surface area contributed by atoms with Gasteiger partial charge in [0.15, 0.2) is 0 Å². The van der Waals surface area contributed by atoms with Gasteiger partial charge >= 0.3 is 0 Å². The van der Waals surface area contributed by atoms with Crippen LogP contribution in [0.1, 0.15) is 35.4 Å². The van der Waals surface area contributed by atoms with Gasteiger partial charge in [-0.25, -0.2) is 0 Å². The van der Waals surface area contributed by atoms with Gasteiger partial charge in [-0.15, -0.1) is 0 Å². The molecule has 0 amide bonds. The lowest BCUT2D eigenvalue weighted by Gasteiger charge is -2.08. The highest BCUT2D eigenvalue weighted by Crippen LogP contribution is 2.40. The average molecular weight is 237 g/mol. The number of aryl methyl sites for hydroxylation is 1. The van der Waals surface area contributed by atoms with Crippen molar-refractivity contribution in [1.82, 2.24) is 0 Å². The minimum atomic E-state index is 0.837. The number of rotatable bonds is 4. The van der Waals surface area contributed by atoms with Gasteiger partial charge in [-0.2, -0.15) is 0 Å². The van der Waals surface area contributed by atoms with E-state index in [1.807, 2.05) is 0 Å². The van der Waals surface area contributed by atoms with Crippen LogP contribution in [-0.4, -0.2) is 0 Å². The van der Waals surface area contributed by atoms with Crippen LogP contribution in [0.4, 0.5) is 5.69 Å². The van der Waals surface area contributed by atoms with Crippen molar-refractivity contribution in [2.75, 3.05) is 5.32 Å². The molecule has 1 saturated carbocycles. The maximum absolute atomic E-state index is 3.47. The fraction of sp³-hybridized carbons (Fsp3) is 0.294. The van der Waals surface area contributed by atoms with Crippen molar-refractivity contribution in [3.8, 4) is 0 Å². The molecule has 0 aliphatic heterocycles. The zero-order chi connectivity index (χ0) is 12.4. The second-order valence-corrected chi connectivity index (χ2v) is 5.24. The maximum atomic E-state index is 3.47. The fourth-order valence-corrected chi connectivity index (χ4v) is 2.25.